The van der Waals surface area contributed by atoms with E-state index in [2.05, 4.69) is 23.8 Å². The molecule has 0 amide bonds. The quantitative estimate of drug-likeness (QED) is 0.748. The van der Waals surface area contributed by atoms with E-state index in [-0.39, 0.29) is 6.04 Å². The van der Waals surface area contributed by atoms with E-state index in [0.29, 0.717) is 0 Å². The van der Waals surface area contributed by atoms with Crippen LogP contribution in [0.15, 0.2) is 30.6 Å². The first-order valence-electron chi connectivity index (χ1n) is 5.48. The molecule has 1 aromatic rings. The molecule has 0 aromatic carbocycles. The van der Waals surface area contributed by atoms with Crippen molar-refractivity contribution in [3.05, 3.63) is 36.2 Å². The molecule has 3 nitrogen and oxygen atoms in total. The summed E-state index contributed by atoms with van der Waals surface area (Å²) in [4.78, 5) is 4.06. The standard InChI is InChI=1S/C13H20N2O/c1-10(2)5-6-12(14-3)11-7-8-15-9-13(11)16-4/h7-9,12,14H,1,5-6H2,2-4H3. The smallest absolute Gasteiger partial charge is 0.141 e. The third kappa shape index (κ3) is 3.35. The van der Waals surface area contributed by atoms with Crippen LogP contribution in [0.25, 0.3) is 0 Å². The molecule has 0 bridgehead atoms. The number of rotatable bonds is 6. The molecule has 0 aliphatic heterocycles. The Morgan fingerprint density at radius 1 is 1.62 bits per heavy atom. The molecule has 1 N–H and O–H groups in total. The lowest BCUT2D eigenvalue weighted by Crippen LogP contribution is -2.17. The molecular formula is C13H20N2O. The lowest BCUT2D eigenvalue weighted by atomic mass is 10.0. The molecule has 1 rings (SSSR count). The highest BCUT2D eigenvalue weighted by Gasteiger charge is 2.13. The molecule has 1 atom stereocenters. The predicted molar refractivity (Wildman–Crippen MR) is 66.6 cm³/mol. The lowest BCUT2D eigenvalue weighted by Gasteiger charge is -2.18. The molecule has 1 heterocycles. The lowest BCUT2D eigenvalue weighted by molar-refractivity contribution is 0.397. The van der Waals surface area contributed by atoms with Gasteiger partial charge in [0.1, 0.15) is 5.75 Å². The SMILES string of the molecule is C=C(C)CCC(NC)c1ccncc1OC. The number of pyridine rings is 1. The van der Waals surface area contributed by atoms with E-state index in [9.17, 15) is 0 Å². The fourth-order valence-corrected chi connectivity index (χ4v) is 1.70. The Hall–Kier alpha value is -1.35. The van der Waals surface area contributed by atoms with Crippen molar-refractivity contribution in [2.24, 2.45) is 0 Å². The van der Waals surface area contributed by atoms with Crippen molar-refractivity contribution in [2.45, 2.75) is 25.8 Å². The van der Waals surface area contributed by atoms with Gasteiger partial charge in [-0.05, 0) is 32.9 Å². The molecule has 3 heteroatoms. The summed E-state index contributed by atoms with van der Waals surface area (Å²) in [6.07, 6.45) is 5.58. The van der Waals surface area contributed by atoms with Crippen LogP contribution >= 0.6 is 0 Å². The molecule has 0 aliphatic rings. The topological polar surface area (TPSA) is 34.2 Å². The molecule has 0 spiro atoms. The van der Waals surface area contributed by atoms with Crippen molar-refractivity contribution in [2.75, 3.05) is 14.2 Å². The summed E-state index contributed by atoms with van der Waals surface area (Å²) in [5.74, 6) is 0.837. The first kappa shape index (κ1) is 12.7. The summed E-state index contributed by atoms with van der Waals surface area (Å²) in [5, 5.41) is 3.30. The highest BCUT2D eigenvalue weighted by Crippen LogP contribution is 2.27. The van der Waals surface area contributed by atoms with Crippen LogP contribution in [0.1, 0.15) is 31.4 Å². The summed E-state index contributed by atoms with van der Waals surface area (Å²) in [6, 6.07) is 2.29. The van der Waals surface area contributed by atoms with Gasteiger partial charge in [0.25, 0.3) is 0 Å². The van der Waals surface area contributed by atoms with Gasteiger partial charge in [0.05, 0.1) is 13.3 Å². The van der Waals surface area contributed by atoms with Gasteiger partial charge < -0.3 is 10.1 Å². The van der Waals surface area contributed by atoms with E-state index >= 15 is 0 Å². The van der Waals surface area contributed by atoms with Gasteiger partial charge >= 0.3 is 0 Å². The molecule has 16 heavy (non-hydrogen) atoms. The van der Waals surface area contributed by atoms with Crippen LogP contribution in [0.5, 0.6) is 5.75 Å². The number of methoxy groups -OCH3 is 1. The summed E-state index contributed by atoms with van der Waals surface area (Å²) in [7, 11) is 3.63. The van der Waals surface area contributed by atoms with E-state index in [4.69, 9.17) is 4.74 Å². The Balaban J connectivity index is 2.81. The highest BCUT2D eigenvalue weighted by molar-refractivity contribution is 5.32. The molecule has 0 saturated heterocycles. The van der Waals surface area contributed by atoms with Gasteiger partial charge in [-0.15, -0.1) is 6.58 Å². The number of ether oxygens (including phenoxy) is 1. The minimum absolute atomic E-state index is 0.287. The zero-order valence-corrected chi connectivity index (χ0v) is 10.3. The van der Waals surface area contributed by atoms with E-state index in [1.54, 1.807) is 19.5 Å². The molecule has 1 aromatic heterocycles. The maximum absolute atomic E-state index is 5.31. The molecule has 0 fully saturated rings. The third-order valence-electron chi connectivity index (χ3n) is 2.62. The first-order chi connectivity index (χ1) is 7.69. The minimum atomic E-state index is 0.287. The number of allylic oxidation sites excluding steroid dienone is 1. The van der Waals surface area contributed by atoms with Gasteiger partial charge in [0, 0.05) is 17.8 Å². The van der Waals surface area contributed by atoms with Crippen molar-refractivity contribution < 1.29 is 4.74 Å². The van der Waals surface area contributed by atoms with E-state index in [0.717, 1.165) is 24.2 Å². The van der Waals surface area contributed by atoms with Crippen LogP contribution < -0.4 is 10.1 Å². The van der Waals surface area contributed by atoms with Gasteiger partial charge in [0.15, 0.2) is 0 Å². The fraction of sp³-hybridized carbons (Fsp3) is 0.462. The monoisotopic (exact) mass is 220 g/mol. The second-order valence-corrected chi connectivity index (χ2v) is 3.95. The Labute approximate surface area is 97.5 Å². The average Bonchev–Trinajstić information content (AvgIpc) is 2.30. The van der Waals surface area contributed by atoms with Crippen molar-refractivity contribution in [3.63, 3.8) is 0 Å². The molecule has 1 unspecified atom stereocenters. The summed E-state index contributed by atoms with van der Waals surface area (Å²) in [5.41, 5.74) is 2.36. The number of hydrogen-bond donors (Lipinski definition) is 1. The minimum Gasteiger partial charge on any atom is -0.495 e. The molecule has 0 saturated carbocycles. The molecular weight excluding hydrogens is 200 g/mol. The van der Waals surface area contributed by atoms with Gasteiger partial charge in [-0.1, -0.05) is 5.57 Å². The summed E-state index contributed by atoms with van der Waals surface area (Å²) in [6.45, 7) is 5.98. The van der Waals surface area contributed by atoms with E-state index in [1.165, 1.54) is 5.57 Å². The van der Waals surface area contributed by atoms with Crippen LogP contribution in [0.2, 0.25) is 0 Å². The number of nitrogens with zero attached hydrogens (tertiary/aromatic N) is 1. The summed E-state index contributed by atoms with van der Waals surface area (Å²) >= 11 is 0. The maximum Gasteiger partial charge on any atom is 0.141 e. The van der Waals surface area contributed by atoms with Gasteiger partial charge in [0.2, 0.25) is 0 Å². The Kier molecular flexibility index (Phi) is 4.99. The average molecular weight is 220 g/mol. The van der Waals surface area contributed by atoms with Crippen LogP contribution in [0.4, 0.5) is 0 Å². The fourth-order valence-electron chi connectivity index (χ4n) is 1.70. The Morgan fingerprint density at radius 2 is 2.38 bits per heavy atom. The van der Waals surface area contributed by atoms with Crippen LogP contribution in [0, 0.1) is 0 Å². The highest BCUT2D eigenvalue weighted by atomic mass is 16.5. The first-order valence-corrected chi connectivity index (χ1v) is 5.48. The normalized spacial score (nSPS) is 12.2. The third-order valence-corrected chi connectivity index (χ3v) is 2.62. The Bertz CT molecular complexity index is 350. The van der Waals surface area contributed by atoms with Gasteiger partial charge in [-0.2, -0.15) is 0 Å². The number of aromatic nitrogens is 1. The van der Waals surface area contributed by atoms with Crippen molar-refractivity contribution in [1.29, 1.82) is 0 Å². The van der Waals surface area contributed by atoms with Gasteiger partial charge in [-0.3, -0.25) is 4.98 Å². The van der Waals surface area contributed by atoms with Crippen LogP contribution in [-0.4, -0.2) is 19.1 Å². The van der Waals surface area contributed by atoms with Gasteiger partial charge in [-0.25, -0.2) is 0 Å². The molecule has 0 radical (unpaired) electrons. The predicted octanol–water partition coefficient (Wildman–Crippen LogP) is 2.71. The van der Waals surface area contributed by atoms with E-state index < -0.39 is 0 Å². The maximum atomic E-state index is 5.31. The van der Waals surface area contributed by atoms with Crippen molar-refractivity contribution >= 4 is 0 Å². The van der Waals surface area contributed by atoms with Crippen LogP contribution in [-0.2, 0) is 0 Å². The van der Waals surface area contributed by atoms with Crippen molar-refractivity contribution in [3.8, 4) is 5.75 Å². The largest absolute Gasteiger partial charge is 0.495 e. The second kappa shape index (κ2) is 6.28. The number of hydrogen-bond acceptors (Lipinski definition) is 3. The zero-order valence-electron chi connectivity index (χ0n) is 10.3. The Morgan fingerprint density at radius 3 is 2.94 bits per heavy atom. The van der Waals surface area contributed by atoms with E-state index in [1.807, 2.05) is 13.1 Å². The molecule has 88 valence electrons. The number of nitrogens with one attached hydrogen (secondary N) is 1. The zero-order chi connectivity index (χ0) is 12.0. The summed E-state index contributed by atoms with van der Waals surface area (Å²) < 4.78 is 5.31. The van der Waals surface area contributed by atoms with Crippen molar-refractivity contribution in [1.82, 2.24) is 10.3 Å². The second-order valence-electron chi connectivity index (χ2n) is 3.95. The van der Waals surface area contributed by atoms with Crippen LogP contribution in [0.3, 0.4) is 0 Å². The molecule has 0 aliphatic carbocycles.